The summed E-state index contributed by atoms with van der Waals surface area (Å²) in [4.78, 5) is 12.4. The lowest BCUT2D eigenvalue weighted by molar-refractivity contribution is -0.141. The predicted molar refractivity (Wildman–Crippen MR) is 101 cm³/mol. The number of benzene rings is 1. The van der Waals surface area contributed by atoms with Gasteiger partial charge in [-0.1, -0.05) is 12.1 Å². The highest BCUT2D eigenvalue weighted by molar-refractivity contribution is 8.00. The van der Waals surface area contributed by atoms with Gasteiger partial charge in [0, 0.05) is 15.7 Å². The third kappa shape index (κ3) is 4.02. The number of H-pyrrole nitrogens is 1. The average molecular weight is 396 g/mol. The van der Waals surface area contributed by atoms with Crippen LogP contribution in [0.25, 0.3) is 11.4 Å². The smallest absolute Gasteiger partial charge is 0.320 e. The Labute approximate surface area is 162 Å². The molecule has 1 saturated carbocycles. The Bertz CT molecular complexity index is 745. The number of fused-ring (bicyclic) bond motifs is 1. The molecule has 1 aliphatic heterocycles. The summed E-state index contributed by atoms with van der Waals surface area (Å²) in [6, 6.07) is 7.74. The van der Waals surface area contributed by atoms with E-state index in [0.29, 0.717) is 22.9 Å². The Kier molecular flexibility index (Phi) is 6.16. The fourth-order valence-corrected chi connectivity index (χ4v) is 5.43. The van der Waals surface area contributed by atoms with E-state index in [2.05, 4.69) is 32.0 Å². The van der Waals surface area contributed by atoms with Crippen molar-refractivity contribution in [3.8, 4) is 11.4 Å². The minimum atomic E-state index is -0.726. The number of carboxylic acids is 1. The number of carbonyl (C=O) groups is 1. The Hall–Kier alpha value is -1.64. The van der Waals surface area contributed by atoms with Gasteiger partial charge in [0.1, 0.15) is 6.04 Å². The zero-order chi connectivity index (χ0) is 17.2. The lowest BCUT2D eigenvalue weighted by atomic mass is 9.73. The van der Waals surface area contributed by atoms with Crippen LogP contribution in [-0.2, 0) is 4.79 Å². The number of nitrogens with one attached hydrogen (secondary N) is 2. The van der Waals surface area contributed by atoms with Crippen molar-refractivity contribution in [3.05, 3.63) is 24.3 Å². The number of hydrogen-bond donors (Lipinski definition) is 3. The molecule has 2 aliphatic rings. The molecule has 4 rings (SSSR count). The average Bonchev–Trinajstić information content (AvgIpc) is 3.16. The van der Waals surface area contributed by atoms with Crippen LogP contribution in [-0.4, -0.2) is 49.5 Å². The highest BCUT2D eigenvalue weighted by atomic mass is 35.5. The normalized spacial score (nSPS) is 28.0. The number of aromatic amines is 1. The zero-order valence-corrected chi connectivity index (χ0v) is 15.8. The Morgan fingerprint density at radius 2 is 2.04 bits per heavy atom. The largest absolute Gasteiger partial charge is 0.480 e. The van der Waals surface area contributed by atoms with E-state index in [0.717, 1.165) is 42.7 Å². The van der Waals surface area contributed by atoms with E-state index in [1.807, 2.05) is 30.0 Å². The van der Waals surface area contributed by atoms with Gasteiger partial charge in [-0.3, -0.25) is 4.79 Å². The number of halogens is 1. The van der Waals surface area contributed by atoms with Gasteiger partial charge in [0.25, 0.3) is 0 Å². The molecule has 2 aromatic rings. The van der Waals surface area contributed by atoms with E-state index in [1.165, 1.54) is 0 Å². The molecule has 1 aromatic carbocycles. The summed E-state index contributed by atoms with van der Waals surface area (Å²) in [5.41, 5.74) is 0.997. The summed E-state index contributed by atoms with van der Waals surface area (Å²) >= 11 is 1.87. The maximum atomic E-state index is 11.3. The van der Waals surface area contributed by atoms with Crippen LogP contribution in [0.5, 0.6) is 0 Å². The molecule has 4 atom stereocenters. The summed E-state index contributed by atoms with van der Waals surface area (Å²) in [6.45, 7) is 0.832. The molecule has 0 amide bonds. The molecule has 9 heteroatoms. The number of piperidine rings is 1. The topological polar surface area (TPSA) is 104 Å². The van der Waals surface area contributed by atoms with Gasteiger partial charge in [0.15, 0.2) is 0 Å². The molecule has 1 saturated heterocycles. The second-order valence-corrected chi connectivity index (χ2v) is 8.18. The summed E-state index contributed by atoms with van der Waals surface area (Å²) in [5.74, 6) is 0.992. The predicted octanol–water partition coefficient (Wildman–Crippen LogP) is 2.61. The second kappa shape index (κ2) is 8.37. The van der Waals surface area contributed by atoms with Crippen molar-refractivity contribution >= 4 is 30.1 Å². The lowest BCUT2D eigenvalue weighted by Crippen LogP contribution is -2.49. The number of hydrogen-bond acceptors (Lipinski definition) is 6. The maximum Gasteiger partial charge on any atom is 0.320 e. The number of carboxylic acid groups (broad SMARTS) is 1. The van der Waals surface area contributed by atoms with Crippen LogP contribution in [0, 0.1) is 11.8 Å². The summed E-state index contributed by atoms with van der Waals surface area (Å²) in [7, 11) is 0. The standard InChI is InChI=1S/C17H21N5O2S.ClH/c23-17(24)14-8-11-7-12(6-5-10(11)9-18-14)25-15-4-2-1-3-13(15)16-19-21-22-20-16;/h1-4,10-12,14,18H,5-9H2,(H,23,24)(H,19,20,21,22);1H/t10-,11+,12-,14-;/m0./s1. The van der Waals surface area contributed by atoms with Crippen molar-refractivity contribution in [1.29, 1.82) is 0 Å². The monoisotopic (exact) mass is 395 g/mol. The second-order valence-electron chi connectivity index (χ2n) is 6.84. The molecular formula is C17H22ClN5O2S. The van der Waals surface area contributed by atoms with Gasteiger partial charge in [-0.15, -0.1) is 34.4 Å². The number of nitrogens with zero attached hydrogens (tertiary/aromatic N) is 3. The van der Waals surface area contributed by atoms with E-state index in [-0.39, 0.29) is 12.4 Å². The van der Waals surface area contributed by atoms with E-state index in [9.17, 15) is 9.90 Å². The van der Waals surface area contributed by atoms with Gasteiger partial charge in [0.05, 0.1) is 0 Å². The van der Waals surface area contributed by atoms with Crippen LogP contribution in [0.1, 0.15) is 25.7 Å². The maximum absolute atomic E-state index is 11.3. The van der Waals surface area contributed by atoms with E-state index < -0.39 is 12.0 Å². The van der Waals surface area contributed by atoms with Crippen LogP contribution in [0.2, 0.25) is 0 Å². The molecule has 2 fully saturated rings. The van der Waals surface area contributed by atoms with Crippen LogP contribution in [0.4, 0.5) is 0 Å². The van der Waals surface area contributed by atoms with Crippen molar-refractivity contribution in [2.75, 3.05) is 6.54 Å². The summed E-state index contributed by atoms with van der Waals surface area (Å²) < 4.78 is 0. The molecule has 1 aromatic heterocycles. The molecule has 7 nitrogen and oxygen atoms in total. The van der Waals surface area contributed by atoms with Gasteiger partial charge in [-0.2, -0.15) is 5.21 Å². The number of aliphatic carboxylic acids is 1. The van der Waals surface area contributed by atoms with Crippen molar-refractivity contribution in [1.82, 2.24) is 25.9 Å². The first-order chi connectivity index (χ1) is 12.2. The first-order valence-electron chi connectivity index (χ1n) is 8.66. The fraction of sp³-hybridized carbons (Fsp3) is 0.529. The number of thioether (sulfide) groups is 1. The first-order valence-corrected chi connectivity index (χ1v) is 9.54. The molecule has 0 bridgehead atoms. The fourth-order valence-electron chi connectivity index (χ4n) is 4.03. The lowest BCUT2D eigenvalue weighted by Gasteiger charge is -2.41. The molecule has 2 heterocycles. The van der Waals surface area contributed by atoms with Gasteiger partial charge in [0.2, 0.25) is 5.82 Å². The Balaban J connectivity index is 0.00000196. The summed E-state index contributed by atoms with van der Waals surface area (Å²) in [6.07, 6.45) is 4.13. The van der Waals surface area contributed by atoms with Crippen molar-refractivity contribution in [2.45, 2.75) is 41.9 Å². The van der Waals surface area contributed by atoms with Gasteiger partial charge >= 0.3 is 5.97 Å². The Morgan fingerprint density at radius 3 is 2.81 bits per heavy atom. The molecule has 26 heavy (non-hydrogen) atoms. The van der Waals surface area contributed by atoms with Gasteiger partial charge < -0.3 is 10.4 Å². The quantitative estimate of drug-likeness (QED) is 0.730. The minimum absolute atomic E-state index is 0. The van der Waals surface area contributed by atoms with E-state index >= 15 is 0 Å². The third-order valence-corrected chi connectivity index (χ3v) is 6.69. The molecule has 140 valence electrons. The molecule has 0 spiro atoms. The molecule has 1 aliphatic carbocycles. The number of aromatic nitrogens is 4. The van der Waals surface area contributed by atoms with E-state index in [1.54, 1.807) is 0 Å². The third-order valence-electron chi connectivity index (χ3n) is 5.32. The van der Waals surface area contributed by atoms with Crippen molar-refractivity contribution in [2.24, 2.45) is 11.8 Å². The highest BCUT2D eigenvalue weighted by Gasteiger charge is 2.38. The van der Waals surface area contributed by atoms with Crippen LogP contribution >= 0.6 is 24.2 Å². The first kappa shape index (κ1) is 19.1. The van der Waals surface area contributed by atoms with Crippen LogP contribution in [0.15, 0.2) is 29.2 Å². The van der Waals surface area contributed by atoms with Gasteiger partial charge in [-0.25, -0.2) is 0 Å². The van der Waals surface area contributed by atoms with E-state index in [4.69, 9.17) is 0 Å². The van der Waals surface area contributed by atoms with Crippen LogP contribution in [0.3, 0.4) is 0 Å². The molecule has 3 N–H and O–H groups in total. The SMILES string of the molecule is Cl.O=C(O)[C@@H]1C[C@H]2C[C@@H](Sc3ccccc3-c3nn[nH]n3)CC[C@H]2CN1. The molecule has 0 radical (unpaired) electrons. The molecular weight excluding hydrogens is 374 g/mol. The van der Waals surface area contributed by atoms with Crippen LogP contribution < -0.4 is 5.32 Å². The highest BCUT2D eigenvalue weighted by Crippen LogP contribution is 2.43. The number of rotatable bonds is 4. The minimum Gasteiger partial charge on any atom is -0.480 e. The molecule has 0 unspecified atom stereocenters. The number of tetrazole rings is 1. The van der Waals surface area contributed by atoms with Gasteiger partial charge in [-0.05, 0) is 61.4 Å². The van der Waals surface area contributed by atoms with Crippen molar-refractivity contribution < 1.29 is 9.90 Å². The van der Waals surface area contributed by atoms with Crippen molar-refractivity contribution in [3.63, 3.8) is 0 Å². The zero-order valence-electron chi connectivity index (χ0n) is 14.2. The Morgan fingerprint density at radius 1 is 1.19 bits per heavy atom. The summed E-state index contributed by atoms with van der Waals surface area (Å²) in [5, 5.41) is 27.3.